The van der Waals surface area contributed by atoms with Crippen LogP contribution < -0.4 is 10.6 Å². The van der Waals surface area contributed by atoms with Gasteiger partial charge in [-0.1, -0.05) is 20.8 Å². The van der Waals surface area contributed by atoms with Crippen LogP contribution in [0, 0.1) is 5.92 Å². The van der Waals surface area contributed by atoms with Gasteiger partial charge in [-0.15, -0.1) is 0 Å². The smallest absolute Gasteiger partial charge is 0.326 e. The van der Waals surface area contributed by atoms with Crippen molar-refractivity contribution in [1.29, 1.82) is 0 Å². The minimum atomic E-state index is -1.01. The molecule has 0 radical (unpaired) electrons. The minimum absolute atomic E-state index is 0.00805. The molecular weight excluding hydrogens is 234 g/mol. The lowest BCUT2D eigenvalue weighted by Gasteiger charge is -2.26. The van der Waals surface area contributed by atoms with E-state index in [1.54, 1.807) is 6.92 Å². The number of urea groups is 1. The number of rotatable bonds is 7. The Morgan fingerprint density at radius 3 is 2.11 bits per heavy atom. The highest BCUT2D eigenvalue weighted by Gasteiger charge is 2.21. The summed E-state index contributed by atoms with van der Waals surface area (Å²) < 4.78 is 0. The van der Waals surface area contributed by atoms with Crippen molar-refractivity contribution in [2.45, 2.75) is 39.3 Å². The summed E-state index contributed by atoms with van der Waals surface area (Å²) in [6, 6.07) is -1.27. The Morgan fingerprint density at radius 1 is 1.22 bits per heavy atom. The zero-order chi connectivity index (χ0) is 14.3. The van der Waals surface area contributed by atoms with E-state index in [2.05, 4.69) is 10.6 Å². The molecule has 106 valence electrons. The average Bonchev–Trinajstić information content (AvgIpc) is 2.23. The molecule has 2 amide bonds. The van der Waals surface area contributed by atoms with Crippen LogP contribution in [0.1, 0.15) is 27.2 Å². The van der Waals surface area contributed by atoms with Gasteiger partial charge in [-0.3, -0.25) is 0 Å². The van der Waals surface area contributed by atoms with E-state index in [1.807, 2.05) is 32.8 Å². The fourth-order valence-electron chi connectivity index (χ4n) is 1.52. The van der Waals surface area contributed by atoms with Crippen molar-refractivity contribution < 1.29 is 14.7 Å². The number of hydrogen-bond donors (Lipinski definition) is 3. The highest BCUT2D eigenvalue weighted by atomic mass is 16.4. The van der Waals surface area contributed by atoms with Crippen LogP contribution >= 0.6 is 0 Å². The first-order chi connectivity index (χ1) is 8.27. The number of nitrogens with one attached hydrogen (secondary N) is 2. The van der Waals surface area contributed by atoms with E-state index < -0.39 is 18.0 Å². The van der Waals surface area contributed by atoms with Crippen LogP contribution in [0.5, 0.6) is 0 Å². The number of nitrogens with zero attached hydrogens (tertiary/aromatic N) is 1. The fraction of sp³-hybridized carbons (Fsp3) is 0.833. The van der Waals surface area contributed by atoms with E-state index in [1.165, 1.54) is 0 Å². The van der Waals surface area contributed by atoms with Crippen LogP contribution in [0.15, 0.2) is 0 Å². The van der Waals surface area contributed by atoms with E-state index in [0.717, 1.165) is 6.54 Å². The molecule has 2 atom stereocenters. The Balaban J connectivity index is 4.37. The molecule has 0 saturated heterocycles. The standard InChI is InChI=1S/C12H25N3O3/c1-6-9(11(16)17)13-12(18)14-10(8(2)3)7-15(4)5/h8-10H,6-7H2,1-5H3,(H,16,17)(H2,13,14,18). The molecule has 0 aliphatic heterocycles. The summed E-state index contributed by atoms with van der Waals surface area (Å²) >= 11 is 0. The van der Waals surface area contributed by atoms with Crippen LogP contribution in [0.25, 0.3) is 0 Å². The average molecular weight is 259 g/mol. The van der Waals surface area contributed by atoms with Gasteiger partial charge in [0, 0.05) is 12.6 Å². The molecule has 0 aromatic carbocycles. The number of likely N-dealkylation sites (N-methyl/N-ethyl adjacent to an activating group) is 1. The Hall–Kier alpha value is -1.30. The second-order valence-electron chi connectivity index (χ2n) is 5.03. The lowest BCUT2D eigenvalue weighted by Crippen LogP contribution is -2.52. The Kier molecular flexibility index (Phi) is 7.35. The van der Waals surface area contributed by atoms with Crippen molar-refractivity contribution in [3.63, 3.8) is 0 Å². The second-order valence-corrected chi connectivity index (χ2v) is 5.03. The summed E-state index contributed by atoms with van der Waals surface area (Å²) in [5.41, 5.74) is 0. The Morgan fingerprint density at radius 2 is 1.78 bits per heavy atom. The van der Waals surface area contributed by atoms with Gasteiger partial charge in [0.25, 0.3) is 0 Å². The van der Waals surface area contributed by atoms with Gasteiger partial charge in [0.15, 0.2) is 0 Å². The van der Waals surface area contributed by atoms with Gasteiger partial charge in [0.1, 0.15) is 6.04 Å². The molecule has 0 aromatic heterocycles. The lowest BCUT2D eigenvalue weighted by molar-refractivity contribution is -0.139. The van der Waals surface area contributed by atoms with Crippen molar-refractivity contribution in [3.8, 4) is 0 Å². The van der Waals surface area contributed by atoms with Crippen molar-refractivity contribution in [2.24, 2.45) is 5.92 Å². The number of carboxylic acids is 1. The molecule has 6 heteroatoms. The third kappa shape index (κ3) is 6.44. The molecule has 0 aromatic rings. The number of hydrogen-bond acceptors (Lipinski definition) is 3. The zero-order valence-corrected chi connectivity index (χ0v) is 11.9. The lowest BCUT2D eigenvalue weighted by atomic mass is 10.0. The molecule has 2 unspecified atom stereocenters. The number of carboxylic acid groups (broad SMARTS) is 1. The molecule has 6 nitrogen and oxygen atoms in total. The highest BCUT2D eigenvalue weighted by molar-refractivity contribution is 5.82. The number of aliphatic carboxylic acids is 1. The third-order valence-electron chi connectivity index (χ3n) is 2.69. The summed E-state index contributed by atoms with van der Waals surface area (Å²) in [5.74, 6) is -0.732. The van der Waals surface area contributed by atoms with Crippen molar-refractivity contribution >= 4 is 12.0 Å². The molecule has 0 aliphatic carbocycles. The number of amides is 2. The van der Waals surface area contributed by atoms with Crippen LogP contribution in [0.3, 0.4) is 0 Å². The van der Waals surface area contributed by atoms with Crippen molar-refractivity contribution in [2.75, 3.05) is 20.6 Å². The molecule has 0 heterocycles. The maximum atomic E-state index is 11.7. The van der Waals surface area contributed by atoms with E-state index in [-0.39, 0.29) is 12.0 Å². The summed E-state index contributed by atoms with van der Waals surface area (Å²) in [7, 11) is 3.86. The van der Waals surface area contributed by atoms with Gasteiger partial charge < -0.3 is 20.6 Å². The number of carbonyl (C=O) groups excluding carboxylic acids is 1. The van der Waals surface area contributed by atoms with E-state index in [9.17, 15) is 9.59 Å². The largest absolute Gasteiger partial charge is 0.480 e. The predicted octanol–water partition coefficient (Wildman–Crippen LogP) is 0.735. The molecular formula is C12H25N3O3. The molecule has 3 N–H and O–H groups in total. The Labute approximate surface area is 109 Å². The predicted molar refractivity (Wildman–Crippen MR) is 70.6 cm³/mol. The third-order valence-corrected chi connectivity index (χ3v) is 2.69. The molecule has 0 aliphatic rings. The normalized spacial score (nSPS) is 14.4. The van der Waals surface area contributed by atoms with E-state index >= 15 is 0 Å². The Bertz CT molecular complexity index is 280. The van der Waals surface area contributed by atoms with Gasteiger partial charge in [0.05, 0.1) is 0 Å². The van der Waals surface area contributed by atoms with E-state index in [4.69, 9.17) is 5.11 Å². The molecule has 0 bridgehead atoms. The first-order valence-corrected chi connectivity index (χ1v) is 6.22. The monoisotopic (exact) mass is 259 g/mol. The molecule has 18 heavy (non-hydrogen) atoms. The minimum Gasteiger partial charge on any atom is -0.480 e. The SMILES string of the molecule is CCC(NC(=O)NC(CN(C)C)C(C)C)C(=O)O. The molecule has 0 rings (SSSR count). The summed E-state index contributed by atoms with van der Waals surface area (Å²) in [4.78, 5) is 24.5. The van der Waals surface area contributed by atoms with Gasteiger partial charge in [-0.05, 0) is 26.4 Å². The first kappa shape index (κ1) is 16.7. The van der Waals surface area contributed by atoms with Crippen LogP contribution in [0.2, 0.25) is 0 Å². The molecule has 0 saturated carbocycles. The highest BCUT2D eigenvalue weighted by Crippen LogP contribution is 2.02. The zero-order valence-electron chi connectivity index (χ0n) is 11.9. The molecule has 0 spiro atoms. The van der Waals surface area contributed by atoms with Gasteiger partial charge in [0.2, 0.25) is 0 Å². The van der Waals surface area contributed by atoms with Gasteiger partial charge >= 0.3 is 12.0 Å². The maximum Gasteiger partial charge on any atom is 0.326 e. The first-order valence-electron chi connectivity index (χ1n) is 6.22. The topological polar surface area (TPSA) is 81.7 Å². The summed E-state index contributed by atoms with van der Waals surface area (Å²) in [6.45, 7) is 6.47. The number of carbonyl (C=O) groups is 2. The van der Waals surface area contributed by atoms with Crippen LogP contribution in [-0.4, -0.2) is 54.7 Å². The van der Waals surface area contributed by atoms with Crippen molar-refractivity contribution in [1.82, 2.24) is 15.5 Å². The van der Waals surface area contributed by atoms with E-state index in [0.29, 0.717) is 6.42 Å². The maximum absolute atomic E-state index is 11.7. The summed E-state index contributed by atoms with van der Waals surface area (Å²) in [5, 5.41) is 14.1. The second kappa shape index (κ2) is 7.92. The van der Waals surface area contributed by atoms with Gasteiger partial charge in [-0.2, -0.15) is 0 Å². The molecule has 0 fully saturated rings. The summed E-state index contributed by atoms with van der Waals surface area (Å²) in [6.07, 6.45) is 0.364. The quantitative estimate of drug-likeness (QED) is 0.629. The van der Waals surface area contributed by atoms with Crippen LogP contribution in [-0.2, 0) is 4.79 Å². The fourth-order valence-corrected chi connectivity index (χ4v) is 1.52. The van der Waals surface area contributed by atoms with Crippen molar-refractivity contribution in [3.05, 3.63) is 0 Å². The van der Waals surface area contributed by atoms with Gasteiger partial charge in [-0.25, -0.2) is 9.59 Å². The van der Waals surface area contributed by atoms with Crippen LogP contribution in [0.4, 0.5) is 4.79 Å².